The minimum absolute atomic E-state index is 0.539. The molecule has 1 aromatic carbocycles. The van der Waals surface area contributed by atoms with E-state index in [1.54, 1.807) is 0 Å². The fraction of sp³-hybridized carbons (Fsp3) is 0.333. The molecule has 0 bridgehead atoms. The van der Waals surface area contributed by atoms with Gasteiger partial charge in [-0.05, 0) is 17.7 Å². The van der Waals surface area contributed by atoms with Crippen LogP contribution in [0.4, 0.5) is 17.6 Å². The lowest BCUT2D eigenvalue weighted by molar-refractivity contribution is -0.494. The molecule has 0 heterocycles. The molecule has 0 fully saturated rings. The van der Waals surface area contributed by atoms with Crippen LogP contribution in [0.3, 0.4) is 0 Å². The van der Waals surface area contributed by atoms with Crippen LogP contribution < -0.4 is 0 Å². The molecule has 3 nitrogen and oxygen atoms in total. The van der Waals surface area contributed by atoms with E-state index in [1.165, 1.54) is 0 Å². The molecule has 0 amide bonds. The van der Waals surface area contributed by atoms with Gasteiger partial charge in [-0.25, -0.2) is 4.39 Å². The number of hydrogen-bond acceptors (Lipinski definition) is 3. The second kappa shape index (κ2) is 5.24. The van der Waals surface area contributed by atoms with Crippen LogP contribution in [0.15, 0.2) is 24.3 Å². The molecule has 1 atom stereocenters. The predicted molar refractivity (Wildman–Crippen MR) is 60.3 cm³/mol. The van der Waals surface area contributed by atoms with E-state index < -0.39 is 41.5 Å². The summed E-state index contributed by atoms with van der Waals surface area (Å²) in [7, 11) is -0.674. The van der Waals surface area contributed by atoms with Crippen LogP contribution in [0.1, 0.15) is 5.56 Å². The first-order valence-corrected chi connectivity index (χ1v) is 6.43. The summed E-state index contributed by atoms with van der Waals surface area (Å²) in [6.45, 7) is -1.43. The largest absolute Gasteiger partial charge is 0.413 e. The number of nitro groups is 1. The Morgan fingerprint density at radius 2 is 2.00 bits per heavy atom. The lowest BCUT2D eigenvalue weighted by Crippen LogP contribution is -2.43. The minimum Gasteiger partial charge on any atom is -0.264 e. The maximum atomic E-state index is 13.1. The summed E-state index contributed by atoms with van der Waals surface area (Å²) in [5.74, 6) is -0.900. The average Bonchev–Trinajstić information content (AvgIpc) is 2.23. The monoisotopic (exact) mass is 299 g/mol. The molecular formula is C9H6F4NO2PS. The normalized spacial score (nSPS) is 15.3. The Morgan fingerprint density at radius 1 is 1.39 bits per heavy atom. The quantitative estimate of drug-likeness (QED) is 0.371. The number of hydrogen-bond donors (Lipinski definition) is 0. The summed E-state index contributed by atoms with van der Waals surface area (Å²) in [5.41, 5.74) is -0.539. The molecule has 1 unspecified atom stereocenters. The van der Waals surface area contributed by atoms with Crippen molar-refractivity contribution in [2.24, 2.45) is 0 Å². The third-order valence-electron chi connectivity index (χ3n) is 2.28. The van der Waals surface area contributed by atoms with Gasteiger partial charge in [0.1, 0.15) is 5.82 Å². The molecular weight excluding hydrogens is 293 g/mol. The Labute approximate surface area is 106 Å². The van der Waals surface area contributed by atoms with Gasteiger partial charge in [0.05, 0.1) is 0 Å². The summed E-state index contributed by atoms with van der Waals surface area (Å²) >= 11 is 4.40. The Bertz CT molecular complexity index is 482. The second-order valence-corrected chi connectivity index (χ2v) is 4.94. The van der Waals surface area contributed by atoms with Crippen LogP contribution in [-0.2, 0) is 17.0 Å². The third kappa shape index (κ3) is 2.81. The van der Waals surface area contributed by atoms with Crippen molar-refractivity contribution in [2.45, 2.75) is 11.3 Å². The summed E-state index contributed by atoms with van der Waals surface area (Å²) in [6, 6.07) is 3.62. The van der Waals surface area contributed by atoms with Gasteiger partial charge in [-0.3, -0.25) is 10.1 Å². The SMILES string of the molecule is O=[N+]([O-])CC(P=S)(c1cccc(F)c1)C(F)(F)F. The molecule has 0 saturated carbocycles. The van der Waals surface area contributed by atoms with Gasteiger partial charge in [-0.1, -0.05) is 23.9 Å². The molecule has 0 aliphatic carbocycles. The van der Waals surface area contributed by atoms with Crippen molar-refractivity contribution in [1.29, 1.82) is 0 Å². The van der Waals surface area contributed by atoms with Gasteiger partial charge in [-0.15, -0.1) is 0 Å². The van der Waals surface area contributed by atoms with E-state index in [2.05, 4.69) is 11.8 Å². The van der Waals surface area contributed by atoms with Crippen molar-refractivity contribution >= 4 is 19.2 Å². The Kier molecular flexibility index (Phi) is 4.34. The lowest BCUT2D eigenvalue weighted by atomic mass is 9.97. The van der Waals surface area contributed by atoms with Gasteiger partial charge in [0.2, 0.25) is 11.7 Å². The Balaban J connectivity index is 3.44. The van der Waals surface area contributed by atoms with Crippen LogP contribution in [0.5, 0.6) is 0 Å². The van der Waals surface area contributed by atoms with E-state index in [9.17, 15) is 27.7 Å². The van der Waals surface area contributed by atoms with Crippen molar-refractivity contribution in [3.8, 4) is 0 Å². The molecule has 0 aliphatic rings. The molecule has 0 aliphatic heterocycles. The topological polar surface area (TPSA) is 43.1 Å². The van der Waals surface area contributed by atoms with Crippen LogP contribution in [0.2, 0.25) is 0 Å². The van der Waals surface area contributed by atoms with Crippen molar-refractivity contribution in [2.75, 3.05) is 6.54 Å². The van der Waals surface area contributed by atoms with E-state index in [-0.39, 0.29) is 0 Å². The molecule has 0 aromatic heterocycles. The van der Waals surface area contributed by atoms with Crippen molar-refractivity contribution in [3.05, 3.63) is 45.8 Å². The molecule has 0 N–H and O–H groups in total. The predicted octanol–water partition coefficient (Wildman–Crippen LogP) is 3.27. The molecule has 1 aromatic rings. The first-order chi connectivity index (χ1) is 8.23. The number of benzene rings is 1. The maximum absolute atomic E-state index is 13.1. The van der Waals surface area contributed by atoms with Crippen LogP contribution in [0.25, 0.3) is 0 Å². The van der Waals surface area contributed by atoms with Crippen LogP contribution >= 0.6 is 7.36 Å². The fourth-order valence-corrected chi connectivity index (χ4v) is 2.73. The van der Waals surface area contributed by atoms with Crippen molar-refractivity contribution in [1.82, 2.24) is 0 Å². The van der Waals surface area contributed by atoms with Gasteiger partial charge in [-0.2, -0.15) is 13.2 Å². The number of nitrogens with zero attached hydrogens (tertiary/aromatic N) is 1. The molecule has 0 saturated heterocycles. The number of halogens is 4. The number of rotatable bonds is 4. The smallest absolute Gasteiger partial charge is 0.264 e. The van der Waals surface area contributed by atoms with Crippen LogP contribution in [-0.4, -0.2) is 17.6 Å². The highest BCUT2D eigenvalue weighted by molar-refractivity contribution is 7.97. The van der Waals surface area contributed by atoms with Crippen LogP contribution in [0, 0.1) is 15.9 Å². The lowest BCUT2D eigenvalue weighted by Gasteiger charge is -2.27. The van der Waals surface area contributed by atoms with E-state index in [1.807, 2.05) is 0 Å². The molecule has 18 heavy (non-hydrogen) atoms. The van der Waals surface area contributed by atoms with Gasteiger partial charge in [0.15, 0.2) is 0 Å². The minimum atomic E-state index is -4.93. The maximum Gasteiger partial charge on any atom is 0.413 e. The summed E-state index contributed by atoms with van der Waals surface area (Å²) in [5, 5.41) is 7.57. The van der Waals surface area contributed by atoms with E-state index >= 15 is 0 Å². The Hall–Kier alpha value is -1.14. The molecule has 98 valence electrons. The number of alkyl halides is 3. The molecule has 0 spiro atoms. The van der Waals surface area contributed by atoms with E-state index in [0.717, 1.165) is 18.2 Å². The fourth-order valence-electron chi connectivity index (χ4n) is 1.41. The third-order valence-corrected chi connectivity index (χ3v) is 4.18. The van der Waals surface area contributed by atoms with Crippen molar-refractivity contribution in [3.63, 3.8) is 0 Å². The second-order valence-electron chi connectivity index (χ2n) is 3.45. The Morgan fingerprint density at radius 3 is 2.39 bits per heavy atom. The molecule has 0 radical (unpaired) electrons. The molecule has 9 heteroatoms. The summed E-state index contributed by atoms with van der Waals surface area (Å²) in [4.78, 5) is 9.34. The zero-order valence-corrected chi connectivity index (χ0v) is 10.4. The summed E-state index contributed by atoms with van der Waals surface area (Å²) < 4.78 is 52.1. The standard InChI is InChI=1S/C9H6F4NO2PS/c10-7-3-1-2-6(4-7)8(17-18,5-14(15)16)9(11,12)13/h1-4H,5H2. The summed E-state index contributed by atoms with van der Waals surface area (Å²) in [6.07, 6.45) is -4.93. The van der Waals surface area contributed by atoms with Gasteiger partial charge in [0.25, 0.3) is 0 Å². The zero-order chi connectivity index (χ0) is 14.0. The zero-order valence-electron chi connectivity index (χ0n) is 8.65. The average molecular weight is 299 g/mol. The highest BCUT2D eigenvalue weighted by Gasteiger charge is 2.59. The highest BCUT2D eigenvalue weighted by Crippen LogP contribution is 2.49. The first-order valence-electron chi connectivity index (χ1n) is 4.52. The van der Waals surface area contributed by atoms with Gasteiger partial charge in [0, 0.05) is 12.3 Å². The molecule has 1 rings (SSSR count). The van der Waals surface area contributed by atoms with Gasteiger partial charge >= 0.3 is 6.18 Å². The van der Waals surface area contributed by atoms with E-state index in [4.69, 9.17) is 0 Å². The first kappa shape index (κ1) is 14.9. The van der Waals surface area contributed by atoms with Gasteiger partial charge < -0.3 is 0 Å². The highest BCUT2D eigenvalue weighted by atomic mass is 32.4. The van der Waals surface area contributed by atoms with E-state index in [0.29, 0.717) is 6.07 Å². The van der Waals surface area contributed by atoms with Crippen molar-refractivity contribution < 1.29 is 22.5 Å².